The van der Waals surface area contributed by atoms with Crippen molar-refractivity contribution in [3.8, 4) is 5.75 Å². The number of aryl methyl sites for hydroxylation is 2. The van der Waals surface area contributed by atoms with Crippen LogP contribution < -0.4 is 10.1 Å². The molecule has 0 aliphatic rings. The van der Waals surface area contributed by atoms with Crippen LogP contribution in [0.5, 0.6) is 5.75 Å². The predicted octanol–water partition coefficient (Wildman–Crippen LogP) is 2.68. The first-order valence-electron chi connectivity index (χ1n) is 5.53. The molecule has 0 saturated heterocycles. The Morgan fingerprint density at radius 1 is 1.20 bits per heavy atom. The molecule has 2 nitrogen and oxygen atoms in total. The molecule has 1 rings (SSSR count). The average Bonchev–Trinajstić information content (AvgIpc) is 2.15. The van der Waals surface area contributed by atoms with Crippen molar-refractivity contribution in [2.45, 2.75) is 33.7 Å². The minimum Gasteiger partial charge on any atom is -0.492 e. The zero-order valence-corrected chi connectivity index (χ0v) is 10.1. The highest BCUT2D eigenvalue weighted by Gasteiger charge is 2.02. The average molecular weight is 207 g/mol. The van der Waals surface area contributed by atoms with Crippen LogP contribution in [0.3, 0.4) is 0 Å². The van der Waals surface area contributed by atoms with Gasteiger partial charge in [-0.15, -0.1) is 0 Å². The van der Waals surface area contributed by atoms with Gasteiger partial charge in [0.25, 0.3) is 0 Å². The van der Waals surface area contributed by atoms with Gasteiger partial charge in [0.05, 0.1) is 0 Å². The van der Waals surface area contributed by atoms with E-state index in [-0.39, 0.29) is 0 Å². The minimum atomic E-state index is 0.520. The lowest BCUT2D eigenvalue weighted by atomic mass is 10.1. The molecule has 1 aromatic rings. The second-order valence-electron chi connectivity index (χ2n) is 4.18. The molecule has 0 saturated carbocycles. The number of para-hydroxylation sites is 1. The van der Waals surface area contributed by atoms with Crippen LogP contribution in [0.2, 0.25) is 0 Å². The van der Waals surface area contributed by atoms with Gasteiger partial charge in [-0.3, -0.25) is 0 Å². The molecule has 2 heteroatoms. The first kappa shape index (κ1) is 12.1. The van der Waals surface area contributed by atoms with Crippen molar-refractivity contribution in [1.82, 2.24) is 5.32 Å². The summed E-state index contributed by atoms with van der Waals surface area (Å²) in [5.41, 5.74) is 2.42. The minimum absolute atomic E-state index is 0.520. The molecule has 1 N–H and O–H groups in total. The Hall–Kier alpha value is -1.02. The number of hydrogen-bond donors (Lipinski definition) is 1. The summed E-state index contributed by atoms with van der Waals surface area (Å²) in [7, 11) is 0. The number of benzene rings is 1. The van der Waals surface area contributed by atoms with Gasteiger partial charge in [0.2, 0.25) is 0 Å². The van der Waals surface area contributed by atoms with E-state index >= 15 is 0 Å². The normalized spacial score (nSPS) is 10.7. The number of rotatable bonds is 5. The SMILES string of the molecule is Cc1cccc(C)c1OCCNC(C)C. The van der Waals surface area contributed by atoms with Crippen molar-refractivity contribution in [2.75, 3.05) is 13.2 Å². The second kappa shape index (κ2) is 5.76. The fraction of sp³-hybridized carbons (Fsp3) is 0.538. The fourth-order valence-electron chi connectivity index (χ4n) is 1.53. The van der Waals surface area contributed by atoms with E-state index in [0.29, 0.717) is 6.04 Å². The maximum absolute atomic E-state index is 5.76. The summed E-state index contributed by atoms with van der Waals surface area (Å²) in [6, 6.07) is 6.74. The molecule has 0 bridgehead atoms. The van der Waals surface area contributed by atoms with Gasteiger partial charge in [0.15, 0.2) is 0 Å². The zero-order valence-electron chi connectivity index (χ0n) is 10.1. The molecular weight excluding hydrogens is 186 g/mol. The highest BCUT2D eigenvalue weighted by atomic mass is 16.5. The van der Waals surface area contributed by atoms with Gasteiger partial charge in [0, 0.05) is 12.6 Å². The van der Waals surface area contributed by atoms with Gasteiger partial charge in [-0.2, -0.15) is 0 Å². The Balaban J connectivity index is 2.43. The molecule has 15 heavy (non-hydrogen) atoms. The molecule has 0 spiro atoms. The van der Waals surface area contributed by atoms with Gasteiger partial charge in [-0.05, 0) is 25.0 Å². The maximum Gasteiger partial charge on any atom is 0.125 e. The molecule has 1 aromatic carbocycles. The molecule has 0 radical (unpaired) electrons. The van der Waals surface area contributed by atoms with Gasteiger partial charge >= 0.3 is 0 Å². The molecule has 0 aromatic heterocycles. The molecule has 0 fully saturated rings. The van der Waals surface area contributed by atoms with Crippen LogP contribution in [0, 0.1) is 13.8 Å². The molecule has 0 aliphatic heterocycles. The van der Waals surface area contributed by atoms with Crippen molar-refractivity contribution in [3.63, 3.8) is 0 Å². The Kier molecular flexibility index (Phi) is 4.63. The van der Waals surface area contributed by atoms with Crippen LogP contribution in [-0.4, -0.2) is 19.2 Å². The highest BCUT2D eigenvalue weighted by Crippen LogP contribution is 2.21. The van der Waals surface area contributed by atoms with Crippen molar-refractivity contribution in [2.24, 2.45) is 0 Å². The summed E-state index contributed by atoms with van der Waals surface area (Å²) in [4.78, 5) is 0. The summed E-state index contributed by atoms with van der Waals surface area (Å²) in [6.07, 6.45) is 0. The molecule has 0 heterocycles. The largest absolute Gasteiger partial charge is 0.492 e. The molecule has 0 atom stereocenters. The van der Waals surface area contributed by atoms with Crippen molar-refractivity contribution >= 4 is 0 Å². The predicted molar refractivity (Wildman–Crippen MR) is 64.5 cm³/mol. The second-order valence-corrected chi connectivity index (χ2v) is 4.18. The van der Waals surface area contributed by atoms with Crippen LogP contribution in [-0.2, 0) is 0 Å². The first-order chi connectivity index (χ1) is 7.11. The van der Waals surface area contributed by atoms with E-state index < -0.39 is 0 Å². The van der Waals surface area contributed by atoms with Crippen LogP contribution >= 0.6 is 0 Å². The molecule has 0 amide bonds. The van der Waals surface area contributed by atoms with E-state index in [1.807, 2.05) is 0 Å². The number of hydrogen-bond acceptors (Lipinski definition) is 2. The van der Waals surface area contributed by atoms with Gasteiger partial charge in [-0.1, -0.05) is 32.0 Å². The summed E-state index contributed by atoms with van der Waals surface area (Å²) in [6.45, 7) is 10.1. The Morgan fingerprint density at radius 3 is 2.33 bits per heavy atom. The first-order valence-corrected chi connectivity index (χ1v) is 5.53. The smallest absolute Gasteiger partial charge is 0.125 e. The van der Waals surface area contributed by atoms with E-state index in [1.165, 1.54) is 11.1 Å². The zero-order chi connectivity index (χ0) is 11.3. The Morgan fingerprint density at radius 2 is 1.80 bits per heavy atom. The lowest BCUT2D eigenvalue weighted by Crippen LogP contribution is -2.27. The van der Waals surface area contributed by atoms with Crippen LogP contribution in [0.1, 0.15) is 25.0 Å². The Bertz CT molecular complexity index is 287. The third-order valence-electron chi connectivity index (χ3n) is 2.31. The quantitative estimate of drug-likeness (QED) is 0.749. The monoisotopic (exact) mass is 207 g/mol. The summed E-state index contributed by atoms with van der Waals surface area (Å²) in [5.74, 6) is 1.03. The standard InChI is InChI=1S/C13H21NO/c1-10(2)14-8-9-15-13-11(3)6-5-7-12(13)4/h5-7,10,14H,8-9H2,1-4H3. The Labute approximate surface area is 92.6 Å². The third-order valence-corrected chi connectivity index (χ3v) is 2.31. The topological polar surface area (TPSA) is 21.3 Å². The van der Waals surface area contributed by atoms with E-state index in [0.717, 1.165) is 18.9 Å². The highest BCUT2D eigenvalue weighted by molar-refractivity contribution is 5.39. The number of nitrogens with one attached hydrogen (secondary N) is 1. The lowest BCUT2D eigenvalue weighted by Gasteiger charge is -2.13. The lowest BCUT2D eigenvalue weighted by molar-refractivity contribution is 0.305. The van der Waals surface area contributed by atoms with E-state index in [9.17, 15) is 0 Å². The summed E-state index contributed by atoms with van der Waals surface area (Å²) >= 11 is 0. The van der Waals surface area contributed by atoms with E-state index in [4.69, 9.17) is 4.74 Å². The number of ether oxygens (including phenoxy) is 1. The fourth-order valence-corrected chi connectivity index (χ4v) is 1.53. The summed E-state index contributed by atoms with van der Waals surface area (Å²) < 4.78 is 5.76. The van der Waals surface area contributed by atoms with Crippen molar-refractivity contribution in [1.29, 1.82) is 0 Å². The van der Waals surface area contributed by atoms with E-state index in [2.05, 4.69) is 51.2 Å². The van der Waals surface area contributed by atoms with Gasteiger partial charge < -0.3 is 10.1 Å². The van der Waals surface area contributed by atoms with E-state index in [1.54, 1.807) is 0 Å². The van der Waals surface area contributed by atoms with Crippen LogP contribution in [0.15, 0.2) is 18.2 Å². The van der Waals surface area contributed by atoms with Crippen LogP contribution in [0.4, 0.5) is 0 Å². The van der Waals surface area contributed by atoms with Crippen LogP contribution in [0.25, 0.3) is 0 Å². The molecular formula is C13H21NO. The molecule has 0 unspecified atom stereocenters. The summed E-state index contributed by atoms with van der Waals surface area (Å²) in [5, 5.41) is 3.33. The van der Waals surface area contributed by atoms with Gasteiger partial charge in [0.1, 0.15) is 12.4 Å². The van der Waals surface area contributed by atoms with Crippen molar-refractivity contribution in [3.05, 3.63) is 29.3 Å². The van der Waals surface area contributed by atoms with Gasteiger partial charge in [-0.25, -0.2) is 0 Å². The maximum atomic E-state index is 5.76. The third kappa shape index (κ3) is 3.92. The van der Waals surface area contributed by atoms with Crippen molar-refractivity contribution < 1.29 is 4.74 Å². The molecule has 0 aliphatic carbocycles. The molecule has 84 valence electrons.